The zero-order valence-electron chi connectivity index (χ0n) is 9.40. The molecule has 0 aromatic carbocycles. The van der Waals surface area contributed by atoms with Crippen molar-refractivity contribution in [3.05, 3.63) is 0 Å². The van der Waals surface area contributed by atoms with Crippen molar-refractivity contribution < 1.29 is 8.42 Å². The van der Waals surface area contributed by atoms with E-state index in [4.69, 9.17) is 0 Å². The van der Waals surface area contributed by atoms with Crippen molar-refractivity contribution in [1.29, 1.82) is 0 Å². The number of hydrogen-bond acceptors (Lipinski definition) is 4. The Morgan fingerprint density at radius 3 is 2.33 bits per heavy atom. The average molecular weight is 257 g/mol. The number of nitrogens with zero attached hydrogens (tertiary/aromatic N) is 1. The number of sulfone groups is 1. The summed E-state index contributed by atoms with van der Waals surface area (Å²) >= 11 is 0. The summed E-state index contributed by atoms with van der Waals surface area (Å²) in [6.07, 6.45) is 0.719. The first-order valence-corrected chi connectivity index (χ1v) is 6.98. The lowest BCUT2D eigenvalue weighted by Crippen LogP contribution is -2.56. The summed E-state index contributed by atoms with van der Waals surface area (Å²) in [5, 5.41) is 3.17. The van der Waals surface area contributed by atoms with E-state index in [1.807, 2.05) is 14.0 Å². The molecule has 1 saturated heterocycles. The maximum absolute atomic E-state index is 11.4. The molecule has 1 heterocycles. The SMILES string of the molecule is CCCS(=O)(=O)CCN(C)C1CNC1.Cl. The minimum Gasteiger partial charge on any atom is -0.314 e. The van der Waals surface area contributed by atoms with Gasteiger partial charge < -0.3 is 5.32 Å². The van der Waals surface area contributed by atoms with Crippen molar-refractivity contribution >= 4 is 22.2 Å². The quantitative estimate of drug-likeness (QED) is 0.735. The van der Waals surface area contributed by atoms with Crippen molar-refractivity contribution in [2.45, 2.75) is 19.4 Å². The summed E-state index contributed by atoms with van der Waals surface area (Å²) in [6.45, 7) is 4.54. The van der Waals surface area contributed by atoms with Crippen molar-refractivity contribution in [2.75, 3.05) is 38.2 Å². The van der Waals surface area contributed by atoms with Crippen LogP contribution in [-0.2, 0) is 9.84 Å². The average Bonchev–Trinajstić information content (AvgIpc) is 1.98. The Bertz CT molecular complexity index is 265. The largest absolute Gasteiger partial charge is 0.314 e. The molecule has 1 aliphatic rings. The molecular weight excluding hydrogens is 236 g/mol. The van der Waals surface area contributed by atoms with Gasteiger partial charge in [0.25, 0.3) is 0 Å². The Morgan fingerprint density at radius 1 is 1.33 bits per heavy atom. The lowest BCUT2D eigenvalue weighted by atomic mass is 10.1. The summed E-state index contributed by atoms with van der Waals surface area (Å²) in [5.74, 6) is 0.623. The summed E-state index contributed by atoms with van der Waals surface area (Å²) < 4.78 is 22.8. The lowest BCUT2D eigenvalue weighted by Gasteiger charge is -2.35. The van der Waals surface area contributed by atoms with Crippen LogP contribution >= 0.6 is 12.4 Å². The fourth-order valence-corrected chi connectivity index (χ4v) is 2.86. The topological polar surface area (TPSA) is 49.4 Å². The molecule has 1 rings (SSSR count). The lowest BCUT2D eigenvalue weighted by molar-refractivity contribution is 0.189. The third kappa shape index (κ3) is 5.15. The predicted molar refractivity (Wildman–Crippen MR) is 65.5 cm³/mol. The second-order valence-electron chi connectivity index (χ2n) is 3.94. The minimum absolute atomic E-state index is 0. The molecule has 6 heteroatoms. The van der Waals surface area contributed by atoms with E-state index in [0.717, 1.165) is 19.5 Å². The summed E-state index contributed by atoms with van der Waals surface area (Å²) in [7, 11) is -0.813. The number of rotatable bonds is 6. The standard InChI is InChI=1S/C9H20N2O2S.ClH/c1-3-5-14(12,13)6-4-11(2)9-7-10-8-9;/h9-10H,3-8H2,1-2H3;1H. The van der Waals surface area contributed by atoms with Crippen molar-refractivity contribution in [1.82, 2.24) is 10.2 Å². The van der Waals surface area contributed by atoms with E-state index in [1.165, 1.54) is 0 Å². The Kier molecular flexibility index (Phi) is 6.75. The van der Waals surface area contributed by atoms with Gasteiger partial charge in [-0.2, -0.15) is 0 Å². The van der Waals surface area contributed by atoms with E-state index in [2.05, 4.69) is 10.2 Å². The summed E-state index contributed by atoms with van der Waals surface area (Å²) in [4.78, 5) is 2.13. The molecule has 0 saturated carbocycles. The molecule has 0 spiro atoms. The second-order valence-corrected chi connectivity index (χ2v) is 6.25. The van der Waals surface area contributed by atoms with Crippen LogP contribution < -0.4 is 5.32 Å². The smallest absolute Gasteiger partial charge is 0.151 e. The van der Waals surface area contributed by atoms with Crippen LogP contribution in [0, 0.1) is 0 Å². The van der Waals surface area contributed by atoms with Gasteiger partial charge in [0.05, 0.1) is 5.75 Å². The first-order valence-electron chi connectivity index (χ1n) is 5.16. The zero-order chi connectivity index (χ0) is 10.6. The normalized spacial score (nSPS) is 17.3. The Hall–Kier alpha value is 0.160. The highest BCUT2D eigenvalue weighted by molar-refractivity contribution is 7.91. The van der Waals surface area contributed by atoms with E-state index in [1.54, 1.807) is 0 Å². The molecule has 4 nitrogen and oxygen atoms in total. The molecule has 0 bridgehead atoms. The Balaban J connectivity index is 0.00000196. The minimum atomic E-state index is -2.81. The Morgan fingerprint density at radius 2 is 1.93 bits per heavy atom. The zero-order valence-corrected chi connectivity index (χ0v) is 11.0. The molecule has 92 valence electrons. The number of hydrogen-bond donors (Lipinski definition) is 1. The molecule has 1 fully saturated rings. The fraction of sp³-hybridized carbons (Fsp3) is 1.00. The third-order valence-electron chi connectivity index (χ3n) is 2.65. The van der Waals surface area contributed by atoms with Gasteiger partial charge in [0.2, 0.25) is 0 Å². The molecule has 0 unspecified atom stereocenters. The molecule has 0 radical (unpaired) electrons. The monoisotopic (exact) mass is 256 g/mol. The van der Waals surface area contributed by atoms with Crippen LogP contribution in [0.5, 0.6) is 0 Å². The molecular formula is C9H21ClN2O2S. The third-order valence-corrected chi connectivity index (χ3v) is 4.49. The van der Waals surface area contributed by atoms with Gasteiger partial charge in [-0.25, -0.2) is 8.42 Å². The van der Waals surface area contributed by atoms with Gasteiger partial charge in [0, 0.05) is 31.4 Å². The molecule has 1 N–H and O–H groups in total. The van der Waals surface area contributed by atoms with Crippen LogP contribution in [0.2, 0.25) is 0 Å². The molecule has 0 aliphatic carbocycles. The van der Waals surface area contributed by atoms with Crippen LogP contribution in [0.3, 0.4) is 0 Å². The predicted octanol–water partition coefficient (Wildman–Crippen LogP) is 0.137. The highest BCUT2D eigenvalue weighted by Gasteiger charge is 2.22. The van der Waals surface area contributed by atoms with Gasteiger partial charge in [-0.05, 0) is 13.5 Å². The van der Waals surface area contributed by atoms with Gasteiger partial charge in [-0.1, -0.05) is 6.92 Å². The van der Waals surface area contributed by atoms with Gasteiger partial charge in [-0.3, -0.25) is 4.90 Å². The molecule has 0 aromatic rings. The van der Waals surface area contributed by atoms with E-state index in [0.29, 0.717) is 24.1 Å². The first kappa shape index (κ1) is 15.2. The van der Waals surface area contributed by atoms with Crippen molar-refractivity contribution in [2.24, 2.45) is 0 Å². The van der Waals surface area contributed by atoms with Crippen molar-refractivity contribution in [3.8, 4) is 0 Å². The number of likely N-dealkylation sites (N-methyl/N-ethyl adjacent to an activating group) is 1. The molecule has 0 amide bonds. The summed E-state index contributed by atoms with van der Waals surface area (Å²) in [5.41, 5.74) is 0. The van der Waals surface area contributed by atoms with E-state index in [9.17, 15) is 8.42 Å². The maximum Gasteiger partial charge on any atom is 0.151 e. The molecule has 0 atom stereocenters. The molecule has 1 aliphatic heterocycles. The van der Waals surface area contributed by atoms with Crippen LogP contribution in [0.15, 0.2) is 0 Å². The second kappa shape index (κ2) is 6.68. The van der Waals surface area contributed by atoms with Gasteiger partial charge in [-0.15, -0.1) is 12.4 Å². The van der Waals surface area contributed by atoms with Crippen LogP contribution in [-0.4, -0.2) is 57.5 Å². The van der Waals surface area contributed by atoms with Gasteiger partial charge >= 0.3 is 0 Å². The Labute approximate surface area is 98.7 Å². The maximum atomic E-state index is 11.4. The summed E-state index contributed by atoms with van der Waals surface area (Å²) in [6, 6.07) is 0.534. The molecule has 0 aromatic heterocycles. The highest BCUT2D eigenvalue weighted by Crippen LogP contribution is 2.03. The number of nitrogens with one attached hydrogen (secondary N) is 1. The fourth-order valence-electron chi connectivity index (χ4n) is 1.46. The van der Waals surface area contributed by atoms with Gasteiger partial charge in [0.15, 0.2) is 9.84 Å². The first-order chi connectivity index (χ1) is 6.55. The van der Waals surface area contributed by atoms with Crippen LogP contribution in [0.25, 0.3) is 0 Å². The van der Waals surface area contributed by atoms with Crippen molar-refractivity contribution in [3.63, 3.8) is 0 Å². The van der Waals surface area contributed by atoms with E-state index in [-0.39, 0.29) is 12.4 Å². The van der Waals surface area contributed by atoms with Crippen LogP contribution in [0.1, 0.15) is 13.3 Å². The van der Waals surface area contributed by atoms with E-state index < -0.39 is 9.84 Å². The highest BCUT2D eigenvalue weighted by atomic mass is 35.5. The molecule has 15 heavy (non-hydrogen) atoms. The van der Waals surface area contributed by atoms with E-state index >= 15 is 0 Å². The van der Waals surface area contributed by atoms with Gasteiger partial charge in [0.1, 0.15) is 0 Å². The van der Waals surface area contributed by atoms with Crippen LogP contribution in [0.4, 0.5) is 0 Å². The number of halogens is 1.